The molecule has 18 heavy (non-hydrogen) atoms. The molecule has 2 aromatic rings. The lowest BCUT2D eigenvalue weighted by Crippen LogP contribution is -2.19. The molecule has 3 heteroatoms. The third-order valence-electron chi connectivity index (χ3n) is 2.46. The number of amides is 1. The van der Waals surface area contributed by atoms with Gasteiger partial charge in [-0.05, 0) is 35.6 Å². The number of hydrogen-bond donors (Lipinski definition) is 1. The molecule has 1 N–H and O–H groups in total. The fourth-order valence-electron chi connectivity index (χ4n) is 1.54. The van der Waals surface area contributed by atoms with Crippen molar-refractivity contribution in [3.05, 3.63) is 63.9 Å². The van der Waals surface area contributed by atoms with Crippen LogP contribution in [0.1, 0.15) is 16.0 Å². The van der Waals surface area contributed by atoms with Gasteiger partial charge in [-0.3, -0.25) is 4.79 Å². The summed E-state index contributed by atoms with van der Waals surface area (Å²) >= 11 is 1.64. The van der Waals surface area contributed by atoms with Crippen LogP contribution in [0.3, 0.4) is 0 Å². The number of nitrogens with one attached hydrogen (secondary N) is 1. The van der Waals surface area contributed by atoms with Crippen LogP contribution >= 0.6 is 11.3 Å². The lowest BCUT2D eigenvalue weighted by Gasteiger charge is -2.01. The highest BCUT2D eigenvalue weighted by Crippen LogP contribution is 2.14. The zero-order valence-corrected chi connectivity index (χ0v) is 11.0. The molecule has 0 aliphatic heterocycles. The molecule has 1 heterocycles. The van der Waals surface area contributed by atoms with E-state index in [2.05, 4.69) is 16.8 Å². The van der Waals surface area contributed by atoms with Gasteiger partial charge in [0.1, 0.15) is 0 Å². The van der Waals surface area contributed by atoms with Gasteiger partial charge in [0.15, 0.2) is 0 Å². The van der Waals surface area contributed by atoms with Gasteiger partial charge in [0.2, 0.25) is 5.91 Å². The van der Waals surface area contributed by atoms with Gasteiger partial charge in [-0.1, -0.05) is 30.3 Å². The lowest BCUT2D eigenvalue weighted by atomic mass is 10.2. The van der Waals surface area contributed by atoms with Crippen molar-refractivity contribution in [1.82, 2.24) is 5.32 Å². The number of rotatable bonds is 4. The van der Waals surface area contributed by atoms with E-state index in [4.69, 9.17) is 0 Å². The second-order valence-corrected chi connectivity index (χ2v) is 5.01. The van der Waals surface area contributed by atoms with E-state index in [1.54, 1.807) is 17.4 Å². The Labute approximate surface area is 111 Å². The molecule has 1 aromatic heterocycles. The molecule has 0 aliphatic carbocycles. The van der Waals surface area contributed by atoms with Crippen molar-refractivity contribution in [2.24, 2.45) is 0 Å². The maximum Gasteiger partial charge on any atom is 0.244 e. The summed E-state index contributed by atoms with van der Waals surface area (Å²) < 4.78 is 0. The number of hydrogen-bond acceptors (Lipinski definition) is 2. The third-order valence-corrected chi connectivity index (χ3v) is 3.48. The van der Waals surface area contributed by atoms with Crippen LogP contribution in [0.5, 0.6) is 0 Å². The van der Waals surface area contributed by atoms with Gasteiger partial charge in [-0.15, -0.1) is 11.3 Å². The van der Waals surface area contributed by atoms with E-state index in [9.17, 15) is 4.79 Å². The molecule has 0 bridgehead atoms. The molecule has 0 aliphatic rings. The normalized spacial score (nSPS) is 10.7. The minimum absolute atomic E-state index is 0.0649. The smallest absolute Gasteiger partial charge is 0.244 e. The molecule has 0 radical (unpaired) electrons. The minimum atomic E-state index is -0.0649. The van der Waals surface area contributed by atoms with Crippen molar-refractivity contribution in [3.63, 3.8) is 0 Å². The SMILES string of the molecule is Cc1csc(/C=C\C(=O)NCc2ccccc2)c1. The Kier molecular flexibility index (Phi) is 4.31. The van der Waals surface area contributed by atoms with Crippen LogP contribution in [0, 0.1) is 6.92 Å². The Morgan fingerprint density at radius 1 is 1.33 bits per heavy atom. The molecule has 0 unspecified atom stereocenters. The molecule has 1 amide bonds. The average Bonchev–Trinajstić information content (AvgIpc) is 2.81. The summed E-state index contributed by atoms with van der Waals surface area (Å²) in [5, 5.41) is 4.93. The number of thiophene rings is 1. The van der Waals surface area contributed by atoms with Gasteiger partial charge in [0.05, 0.1) is 0 Å². The van der Waals surface area contributed by atoms with Crippen LogP contribution in [0.25, 0.3) is 6.08 Å². The maximum absolute atomic E-state index is 11.6. The summed E-state index contributed by atoms with van der Waals surface area (Å²) in [6.07, 6.45) is 3.42. The first kappa shape index (κ1) is 12.6. The summed E-state index contributed by atoms with van der Waals surface area (Å²) in [6.45, 7) is 2.61. The summed E-state index contributed by atoms with van der Waals surface area (Å²) in [6, 6.07) is 11.9. The summed E-state index contributed by atoms with van der Waals surface area (Å²) in [5.74, 6) is -0.0649. The van der Waals surface area contributed by atoms with E-state index < -0.39 is 0 Å². The van der Waals surface area contributed by atoms with E-state index in [0.29, 0.717) is 6.54 Å². The molecular formula is C15H15NOS. The van der Waals surface area contributed by atoms with Crippen molar-refractivity contribution in [2.45, 2.75) is 13.5 Å². The highest BCUT2D eigenvalue weighted by atomic mass is 32.1. The van der Waals surface area contributed by atoms with Gasteiger partial charge < -0.3 is 5.32 Å². The Hall–Kier alpha value is -1.87. The number of aryl methyl sites for hydroxylation is 1. The fraction of sp³-hybridized carbons (Fsp3) is 0.133. The van der Waals surface area contributed by atoms with E-state index >= 15 is 0 Å². The third kappa shape index (κ3) is 3.86. The van der Waals surface area contributed by atoms with Gasteiger partial charge in [-0.2, -0.15) is 0 Å². The van der Waals surface area contributed by atoms with Crippen LogP contribution in [0.4, 0.5) is 0 Å². The van der Waals surface area contributed by atoms with Gasteiger partial charge in [0.25, 0.3) is 0 Å². The number of carbonyl (C=O) groups is 1. The predicted molar refractivity (Wildman–Crippen MR) is 76.4 cm³/mol. The standard InChI is InChI=1S/C15H15NOS/c1-12-9-14(18-11-12)7-8-15(17)16-10-13-5-3-2-4-6-13/h2-9,11H,10H2,1H3,(H,16,17)/b8-7-. The maximum atomic E-state index is 11.6. The lowest BCUT2D eigenvalue weighted by molar-refractivity contribution is -0.116. The average molecular weight is 257 g/mol. The molecule has 2 nitrogen and oxygen atoms in total. The first-order valence-electron chi connectivity index (χ1n) is 5.79. The topological polar surface area (TPSA) is 29.1 Å². The molecular weight excluding hydrogens is 242 g/mol. The van der Waals surface area contributed by atoms with E-state index in [-0.39, 0.29) is 5.91 Å². The highest BCUT2D eigenvalue weighted by molar-refractivity contribution is 7.11. The second kappa shape index (κ2) is 6.17. The van der Waals surface area contributed by atoms with Gasteiger partial charge in [-0.25, -0.2) is 0 Å². The highest BCUT2D eigenvalue weighted by Gasteiger charge is 1.97. The minimum Gasteiger partial charge on any atom is -0.348 e. The van der Waals surface area contributed by atoms with Gasteiger partial charge in [0, 0.05) is 17.5 Å². The number of carbonyl (C=O) groups excluding carboxylic acids is 1. The quantitative estimate of drug-likeness (QED) is 0.836. The summed E-state index contributed by atoms with van der Waals surface area (Å²) in [4.78, 5) is 12.7. The van der Waals surface area contributed by atoms with Crippen molar-refractivity contribution in [3.8, 4) is 0 Å². The number of benzene rings is 1. The Bertz CT molecular complexity index is 543. The Morgan fingerprint density at radius 3 is 2.78 bits per heavy atom. The van der Waals surface area contributed by atoms with E-state index in [1.807, 2.05) is 43.3 Å². The summed E-state index contributed by atoms with van der Waals surface area (Å²) in [7, 11) is 0. The first-order chi connectivity index (χ1) is 8.74. The fourth-order valence-corrected chi connectivity index (χ4v) is 2.33. The molecule has 2 rings (SSSR count). The van der Waals surface area contributed by atoms with Crippen molar-refractivity contribution in [2.75, 3.05) is 0 Å². The van der Waals surface area contributed by atoms with Crippen LogP contribution in [-0.2, 0) is 11.3 Å². The van der Waals surface area contributed by atoms with Gasteiger partial charge >= 0.3 is 0 Å². The summed E-state index contributed by atoms with van der Waals surface area (Å²) in [5.41, 5.74) is 2.33. The zero-order valence-electron chi connectivity index (χ0n) is 10.2. The Morgan fingerprint density at radius 2 is 2.11 bits per heavy atom. The molecule has 0 fully saturated rings. The van der Waals surface area contributed by atoms with Crippen LogP contribution in [0.2, 0.25) is 0 Å². The van der Waals surface area contributed by atoms with Crippen molar-refractivity contribution >= 4 is 23.3 Å². The monoisotopic (exact) mass is 257 g/mol. The van der Waals surface area contributed by atoms with E-state index in [0.717, 1.165) is 10.4 Å². The predicted octanol–water partition coefficient (Wildman–Crippen LogP) is 3.39. The second-order valence-electron chi connectivity index (χ2n) is 4.06. The molecule has 1 aromatic carbocycles. The van der Waals surface area contributed by atoms with Crippen molar-refractivity contribution in [1.29, 1.82) is 0 Å². The first-order valence-corrected chi connectivity index (χ1v) is 6.67. The van der Waals surface area contributed by atoms with Crippen LogP contribution in [-0.4, -0.2) is 5.91 Å². The largest absolute Gasteiger partial charge is 0.348 e. The Balaban J connectivity index is 1.84. The van der Waals surface area contributed by atoms with Crippen LogP contribution in [0.15, 0.2) is 47.9 Å². The molecule has 0 saturated carbocycles. The molecule has 0 spiro atoms. The van der Waals surface area contributed by atoms with Crippen LogP contribution < -0.4 is 5.32 Å². The molecule has 92 valence electrons. The van der Waals surface area contributed by atoms with E-state index in [1.165, 1.54) is 5.56 Å². The zero-order chi connectivity index (χ0) is 12.8. The van der Waals surface area contributed by atoms with Crippen molar-refractivity contribution < 1.29 is 4.79 Å². The molecule has 0 saturated heterocycles. The molecule has 0 atom stereocenters.